The number of H-pyrrole nitrogens is 1. The van der Waals surface area contributed by atoms with Crippen LogP contribution in [0.2, 0.25) is 0 Å². The second kappa shape index (κ2) is 6.40. The van der Waals surface area contributed by atoms with Crippen molar-refractivity contribution in [2.75, 3.05) is 13.1 Å². The van der Waals surface area contributed by atoms with Gasteiger partial charge >= 0.3 is 12.0 Å². The summed E-state index contributed by atoms with van der Waals surface area (Å²) in [7, 11) is 0. The van der Waals surface area contributed by atoms with Gasteiger partial charge in [-0.15, -0.1) is 0 Å². The molecule has 0 aromatic carbocycles. The number of piperidine rings is 1. The number of carboxylic acids is 1. The topological polar surface area (TPSA) is 98.3 Å². The average molecular weight is 280 g/mol. The third kappa shape index (κ3) is 3.72. The molecule has 1 saturated heterocycles. The third-order valence-electron chi connectivity index (χ3n) is 3.65. The molecule has 0 radical (unpaired) electrons. The second-order valence-electron chi connectivity index (χ2n) is 5.29. The average Bonchev–Trinajstić information content (AvgIpc) is 2.91. The first kappa shape index (κ1) is 14.4. The number of likely N-dealkylation sites (tertiary alicyclic amines) is 1. The summed E-state index contributed by atoms with van der Waals surface area (Å²) in [5.74, 6) is -0.419. The van der Waals surface area contributed by atoms with Crippen molar-refractivity contribution in [1.82, 2.24) is 20.2 Å². The molecule has 7 nitrogen and oxygen atoms in total. The van der Waals surface area contributed by atoms with Crippen LogP contribution < -0.4 is 5.32 Å². The summed E-state index contributed by atoms with van der Waals surface area (Å²) in [5, 5.41) is 11.8. The molecule has 1 atom stereocenters. The number of nitrogens with zero attached hydrogens (tertiary/aromatic N) is 2. The number of nitrogens with one attached hydrogen (secondary N) is 2. The molecule has 1 unspecified atom stereocenters. The van der Waals surface area contributed by atoms with Gasteiger partial charge in [0.25, 0.3) is 0 Å². The first-order valence-corrected chi connectivity index (χ1v) is 6.81. The van der Waals surface area contributed by atoms with Crippen LogP contribution >= 0.6 is 0 Å². The highest BCUT2D eigenvalue weighted by molar-refractivity contribution is 5.82. The van der Waals surface area contributed by atoms with E-state index in [-0.39, 0.29) is 12.5 Å². The van der Waals surface area contributed by atoms with Crippen molar-refractivity contribution in [1.29, 1.82) is 0 Å². The van der Waals surface area contributed by atoms with E-state index in [1.165, 1.54) is 6.33 Å². The fourth-order valence-electron chi connectivity index (χ4n) is 2.27. The third-order valence-corrected chi connectivity index (χ3v) is 3.65. The lowest BCUT2D eigenvalue weighted by Gasteiger charge is -2.31. The molecule has 0 bridgehead atoms. The van der Waals surface area contributed by atoms with E-state index in [1.54, 1.807) is 11.1 Å². The number of imidazole rings is 1. The Labute approximate surface area is 117 Å². The molecule has 110 valence electrons. The molecule has 2 rings (SSSR count). The molecule has 0 aliphatic carbocycles. The van der Waals surface area contributed by atoms with Crippen LogP contribution in [0, 0.1) is 5.92 Å². The molecule has 3 N–H and O–H groups in total. The molecule has 1 aromatic rings. The lowest BCUT2D eigenvalue weighted by molar-refractivity contribution is -0.139. The highest BCUT2D eigenvalue weighted by Gasteiger charge is 2.26. The summed E-state index contributed by atoms with van der Waals surface area (Å²) in [6.07, 6.45) is 5.18. The molecule has 20 heavy (non-hydrogen) atoms. The summed E-state index contributed by atoms with van der Waals surface area (Å²) in [6.45, 7) is 3.53. The molecule has 1 aliphatic heterocycles. The van der Waals surface area contributed by atoms with E-state index in [4.69, 9.17) is 0 Å². The van der Waals surface area contributed by atoms with Gasteiger partial charge in [-0.05, 0) is 18.8 Å². The summed E-state index contributed by atoms with van der Waals surface area (Å²) in [4.78, 5) is 31.7. The molecule has 0 spiro atoms. The summed E-state index contributed by atoms with van der Waals surface area (Å²) in [5.41, 5.74) is 0.685. The Morgan fingerprint density at radius 1 is 1.55 bits per heavy atom. The number of aromatic nitrogens is 2. The molecule has 2 heterocycles. The fourth-order valence-corrected chi connectivity index (χ4v) is 2.27. The number of carboxylic acid groups (broad SMARTS) is 1. The van der Waals surface area contributed by atoms with Crippen LogP contribution in [0.25, 0.3) is 0 Å². The molecular formula is C13H20N4O3. The maximum Gasteiger partial charge on any atom is 0.326 e. The molecule has 1 fully saturated rings. The summed E-state index contributed by atoms with van der Waals surface area (Å²) in [6, 6.07) is -1.24. The number of aliphatic carboxylic acids is 1. The van der Waals surface area contributed by atoms with Gasteiger partial charge in [-0.2, -0.15) is 0 Å². The van der Waals surface area contributed by atoms with Crippen LogP contribution in [0.5, 0.6) is 0 Å². The molecule has 0 saturated carbocycles. The lowest BCUT2D eigenvalue weighted by Crippen LogP contribution is -2.50. The van der Waals surface area contributed by atoms with E-state index in [1.807, 2.05) is 0 Å². The number of rotatable bonds is 4. The predicted octanol–water partition coefficient (Wildman–Crippen LogP) is 0.847. The van der Waals surface area contributed by atoms with Crippen molar-refractivity contribution in [2.24, 2.45) is 5.92 Å². The van der Waals surface area contributed by atoms with E-state index >= 15 is 0 Å². The molecular weight excluding hydrogens is 260 g/mol. The molecule has 2 amide bonds. The van der Waals surface area contributed by atoms with Gasteiger partial charge in [0, 0.05) is 31.4 Å². The van der Waals surface area contributed by atoms with E-state index in [9.17, 15) is 14.7 Å². The van der Waals surface area contributed by atoms with Crippen LogP contribution in [0.3, 0.4) is 0 Å². The van der Waals surface area contributed by atoms with Gasteiger partial charge in [0.1, 0.15) is 6.04 Å². The Hall–Kier alpha value is -2.05. The van der Waals surface area contributed by atoms with E-state index < -0.39 is 12.0 Å². The number of hydrogen-bond donors (Lipinski definition) is 3. The Balaban J connectivity index is 1.90. The fraction of sp³-hybridized carbons (Fsp3) is 0.615. The monoisotopic (exact) mass is 280 g/mol. The van der Waals surface area contributed by atoms with Crippen molar-refractivity contribution >= 4 is 12.0 Å². The smallest absolute Gasteiger partial charge is 0.326 e. The number of urea groups is 1. The van der Waals surface area contributed by atoms with Gasteiger partial charge in [-0.3, -0.25) is 0 Å². The van der Waals surface area contributed by atoms with Crippen LogP contribution in [0.4, 0.5) is 4.79 Å². The summed E-state index contributed by atoms with van der Waals surface area (Å²) >= 11 is 0. The molecule has 7 heteroatoms. The zero-order valence-electron chi connectivity index (χ0n) is 11.5. The standard InChI is InChI=1S/C13H20N4O3/c1-9-2-4-17(5-3-9)13(20)16-11(12(18)19)6-10-7-14-8-15-10/h7-9,11H,2-6H2,1H3,(H,14,15)(H,16,20)(H,18,19). The van der Waals surface area contributed by atoms with Crippen LogP contribution in [-0.4, -0.2) is 51.1 Å². The lowest BCUT2D eigenvalue weighted by atomic mass is 9.99. The first-order chi connectivity index (χ1) is 9.56. The van der Waals surface area contributed by atoms with Gasteiger partial charge in [0.05, 0.1) is 6.33 Å². The maximum atomic E-state index is 12.1. The van der Waals surface area contributed by atoms with E-state index in [0.29, 0.717) is 24.7 Å². The minimum atomic E-state index is -1.04. The van der Waals surface area contributed by atoms with Crippen LogP contribution in [0.15, 0.2) is 12.5 Å². The zero-order valence-corrected chi connectivity index (χ0v) is 11.5. The van der Waals surface area contributed by atoms with Crippen molar-refractivity contribution < 1.29 is 14.7 Å². The van der Waals surface area contributed by atoms with Crippen molar-refractivity contribution in [3.05, 3.63) is 18.2 Å². The number of amides is 2. The highest BCUT2D eigenvalue weighted by atomic mass is 16.4. The van der Waals surface area contributed by atoms with Gasteiger partial charge in [-0.25, -0.2) is 14.6 Å². The van der Waals surface area contributed by atoms with Gasteiger partial charge in [0.15, 0.2) is 0 Å². The van der Waals surface area contributed by atoms with Crippen LogP contribution in [0.1, 0.15) is 25.5 Å². The number of carbonyl (C=O) groups is 2. The number of aromatic amines is 1. The SMILES string of the molecule is CC1CCN(C(=O)NC(Cc2cnc[nH]2)C(=O)O)CC1. The van der Waals surface area contributed by atoms with E-state index in [0.717, 1.165) is 12.8 Å². The zero-order chi connectivity index (χ0) is 14.5. The largest absolute Gasteiger partial charge is 0.480 e. The predicted molar refractivity (Wildman–Crippen MR) is 72.2 cm³/mol. The number of hydrogen-bond acceptors (Lipinski definition) is 3. The van der Waals surface area contributed by atoms with Crippen molar-refractivity contribution in [3.8, 4) is 0 Å². The van der Waals surface area contributed by atoms with Gasteiger partial charge in [-0.1, -0.05) is 6.92 Å². The number of carbonyl (C=O) groups excluding carboxylic acids is 1. The maximum absolute atomic E-state index is 12.1. The van der Waals surface area contributed by atoms with Crippen molar-refractivity contribution in [2.45, 2.75) is 32.2 Å². The Kier molecular flexibility index (Phi) is 4.60. The van der Waals surface area contributed by atoms with E-state index in [2.05, 4.69) is 22.2 Å². The highest BCUT2D eigenvalue weighted by Crippen LogP contribution is 2.16. The Bertz CT molecular complexity index is 452. The quantitative estimate of drug-likeness (QED) is 0.761. The summed E-state index contributed by atoms with van der Waals surface area (Å²) < 4.78 is 0. The second-order valence-corrected chi connectivity index (χ2v) is 5.29. The van der Waals surface area contributed by atoms with Gasteiger partial charge in [0.2, 0.25) is 0 Å². The Morgan fingerprint density at radius 3 is 2.80 bits per heavy atom. The van der Waals surface area contributed by atoms with Crippen LogP contribution in [-0.2, 0) is 11.2 Å². The minimum Gasteiger partial charge on any atom is -0.480 e. The Morgan fingerprint density at radius 2 is 2.25 bits per heavy atom. The van der Waals surface area contributed by atoms with Crippen molar-refractivity contribution in [3.63, 3.8) is 0 Å². The normalized spacial score (nSPS) is 17.8. The van der Waals surface area contributed by atoms with Gasteiger partial charge < -0.3 is 20.3 Å². The first-order valence-electron chi connectivity index (χ1n) is 6.81. The molecule has 1 aliphatic rings. The minimum absolute atomic E-state index is 0.200. The molecule has 1 aromatic heterocycles.